The van der Waals surface area contributed by atoms with Crippen molar-refractivity contribution in [2.75, 3.05) is 0 Å². The molecule has 0 aliphatic rings. The van der Waals surface area contributed by atoms with Crippen LogP contribution in [-0.2, 0) is 0 Å². The van der Waals surface area contributed by atoms with Gasteiger partial charge in [0, 0.05) is 9.13 Å². The topological polar surface area (TPSA) is 26.0 Å². The van der Waals surface area contributed by atoms with Gasteiger partial charge in [0.25, 0.3) is 0 Å². The quantitative estimate of drug-likeness (QED) is 0.827. The molecular formula is C13H10F2IN. The van der Waals surface area contributed by atoms with Gasteiger partial charge in [-0.3, -0.25) is 0 Å². The SMILES string of the molecule is NC(c1cccc(I)c1)c1cc(F)ccc1F. The van der Waals surface area contributed by atoms with Gasteiger partial charge in [0.15, 0.2) is 0 Å². The van der Waals surface area contributed by atoms with Crippen molar-refractivity contribution >= 4 is 22.6 Å². The molecule has 0 bridgehead atoms. The first-order valence-corrected chi connectivity index (χ1v) is 6.12. The average molecular weight is 345 g/mol. The monoisotopic (exact) mass is 345 g/mol. The summed E-state index contributed by atoms with van der Waals surface area (Å²) < 4.78 is 27.6. The summed E-state index contributed by atoms with van der Waals surface area (Å²) in [6, 6.07) is 10.1. The number of benzene rings is 2. The molecule has 0 aliphatic heterocycles. The fourth-order valence-electron chi connectivity index (χ4n) is 1.63. The van der Waals surface area contributed by atoms with Crippen molar-refractivity contribution in [1.82, 2.24) is 0 Å². The minimum absolute atomic E-state index is 0.173. The molecule has 17 heavy (non-hydrogen) atoms. The van der Waals surface area contributed by atoms with Gasteiger partial charge in [-0.05, 0) is 58.5 Å². The zero-order chi connectivity index (χ0) is 12.4. The van der Waals surface area contributed by atoms with Gasteiger partial charge in [-0.25, -0.2) is 8.78 Å². The van der Waals surface area contributed by atoms with Crippen molar-refractivity contribution in [2.24, 2.45) is 5.73 Å². The van der Waals surface area contributed by atoms with Crippen molar-refractivity contribution in [3.05, 3.63) is 68.8 Å². The van der Waals surface area contributed by atoms with Gasteiger partial charge in [0.1, 0.15) is 11.6 Å². The molecule has 0 aromatic heterocycles. The van der Waals surface area contributed by atoms with Gasteiger partial charge in [0.2, 0.25) is 0 Å². The second-order valence-electron chi connectivity index (χ2n) is 3.70. The second-order valence-corrected chi connectivity index (χ2v) is 4.94. The van der Waals surface area contributed by atoms with Crippen LogP contribution in [0.25, 0.3) is 0 Å². The van der Waals surface area contributed by atoms with E-state index in [1.165, 1.54) is 0 Å². The Morgan fingerprint density at radius 3 is 2.53 bits per heavy atom. The molecule has 2 rings (SSSR count). The molecule has 1 atom stereocenters. The first-order chi connectivity index (χ1) is 8.08. The van der Waals surface area contributed by atoms with Crippen molar-refractivity contribution in [3.63, 3.8) is 0 Å². The molecule has 1 unspecified atom stereocenters. The zero-order valence-electron chi connectivity index (χ0n) is 8.83. The maximum absolute atomic E-state index is 13.6. The number of hydrogen-bond acceptors (Lipinski definition) is 1. The van der Waals surface area contributed by atoms with E-state index in [0.29, 0.717) is 0 Å². The number of nitrogens with two attached hydrogens (primary N) is 1. The van der Waals surface area contributed by atoms with Crippen molar-refractivity contribution < 1.29 is 8.78 Å². The van der Waals surface area contributed by atoms with Gasteiger partial charge in [-0.15, -0.1) is 0 Å². The lowest BCUT2D eigenvalue weighted by Crippen LogP contribution is -2.14. The van der Waals surface area contributed by atoms with Crippen molar-refractivity contribution in [1.29, 1.82) is 0 Å². The van der Waals surface area contributed by atoms with Crippen LogP contribution in [0.2, 0.25) is 0 Å². The smallest absolute Gasteiger partial charge is 0.128 e. The molecule has 0 radical (unpaired) electrons. The highest BCUT2D eigenvalue weighted by molar-refractivity contribution is 14.1. The molecular weight excluding hydrogens is 335 g/mol. The predicted octanol–water partition coefficient (Wildman–Crippen LogP) is 3.62. The largest absolute Gasteiger partial charge is 0.320 e. The average Bonchev–Trinajstić information content (AvgIpc) is 2.31. The van der Waals surface area contributed by atoms with Crippen molar-refractivity contribution in [3.8, 4) is 0 Å². The van der Waals surface area contributed by atoms with E-state index in [1.807, 2.05) is 18.2 Å². The molecule has 0 fully saturated rings. The van der Waals surface area contributed by atoms with Gasteiger partial charge in [-0.1, -0.05) is 12.1 Å². The van der Waals surface area contributed by atoms with E-state index in [1.54, 1.807) is 6.07 Å². The summed E-state index contributed by atoms with van der Waals surface area (Å²) in [5.41, 5.74) is 6.88. The molecule has 2 aromatic carbocycles. The summed E-state index contributed by atoms with van der Waals surface area (Å²) in [5, 5.41) is 0. The Kier molecular flexibility index (Phi) is 3.73. The third kappa shape index (κ3) is 2.81. The van der Waals surface area contributed by atoms with Crippen LogP contribution < -0.4 is 5.73 Å². The van der Waals surface area contributed by atoms with Crippen LogP contribution in [0.4, 0.5) is 8.78 Å². The molecule has 0 spiro atoms. The van der Waals surface area contributed by atoms with Crippen LogP contribution >= 0.6 is 22.6 Å². The highest BCUT2D eigenvalue weighted by atomic mass is 127. The highest BCUT2D eigenvalue weighted by Gasteiger charge is 2.14. The van der Waals surface area contributed by atoms with E-state index in [9.17, 15) is 8.78 Å². The fraction of sp³-hybridized carbons (Fsp3) is 0.0769. The van der Waals surface area contributed by atoms with Crippen LogP contribution in [0.15, 0.2) is 42.5 Å². The molecule has 0 amide bonds. The fourth-order valence-corrected chi connectivity index (χ4v) is 2.20. The van der Waals surface area contributed by atoms with Gasteiger partial charge < -0.3 is 5.73 Å². The molecule has 0 heterocycles. The van der Waals surface area contributed by atoms with Crippen LogP contribution in [0.3, 0.4) is 0 Å². The third-order valence-electron chi connectivity index (χ3n) is 2.50. The molecule has 0 saturated carbocycles. The maximum atomic E-state index is 13.6. The maximum Gasteiger partial charge on any atom is 0.128 e. The van der Waals surface area contributed by atoms with Gasteiger partial charge in [0.05, 0.1) is 6.04 Å². The van der Waals surface area contributed by atoms with Crippen LogP contribution in [0.5, 0.6) is 0 Å². The van der Waals surface area contributed by atoms with E-state index < -0.39 is 17.7 Å². The Morgan fingerprint density at radius 2 is 1.82 bits per heavy atom. The van der Waals surface area contributed by atoms with E-state index in [2.05, 4.69) is 22.6 Å². The summed E-state index contributed by atoms with van der Waals surface area (Å²) in [5.74, 6) is -0.972. The summed E-state index contributed by atoms with van der Waals surface area (Å²) >= 11 is 2.15. The lowest BCUT2D eigenvalue weighted by atomic mass is 9.99. The predicted molar refractivity (Wildman–Crippen MR) is 71.5 cm³/mol. The van der Waals surface area contributed by atoms with Crippen LogP contribution in [0.1, 0.15) is 17.2 Å². The molecule has 2 N–H and O–H groups in total. The minimum Gasteiger partial charge on any atom is -0.320 e. The van der Waals surface area contributed by atoms with E-state index in [4.69, 9.17) is 5.73 Å². The first-order valence-electron chi connectivity index (χ1n) is 5.04. The Morgan fingerprint density at radius 1 is 1.06 bits per heavy atom. The molecule has 88 valence electrons. The number of halogens is 3. The lowest BCUT2D eigenvalue weighted by molar-refractivity contribution is 0.576. The Balaban J connectivity index is 2.43. The second kappa shape index (κ2) is 5.10. The van der Waals surface area contributed by atoms with Crippen molar-refractivity contribution in [2.45, 2.75) is 6.04 Å². The number of hydrogen-bond donors (Lipinski definition) is 1. The Labute approximate surface area is 112 Å². The molecule has 0 saturated heterocycles. The molecule has 4 heteroatoms. The number of rotatable bonds is 2. The Bertz CT molecular complexity index is 543. The summed E-state index contributed by atoms with van der Waals surface area (Å²) in [7, 11) is 0. The first kappa shape index (κ1) is 12.4. The Hall–Kier alpha value is -1.01. The van der Waals surface area contributed by atoms with E-state index in [-0.39, 0.29) is 5.56 Å². The molecule has 0 aliphatic carbocycles. The van der Waals surface area contributed by atoms with Gasteiger partial charge >= 0.3 is 0 Å². The minimum atomic E-state index is -0.652. The summed E-state index contributed by atoms with van der Waals surface area (Å²) in [6.07, 6.45) is 0. The van der Waals surface area contributed by atoms with E-state index in [0.717, 1.165) is 27.3 Å². The molecule has 1 nitrogen and oxygen atoms in total. The third-order valence-corrected chi connectivity index (χ3v) is 3.17. The van der Waals surface area contributed by atoms with Crippen LogP contribution in [-0.4, -0.2) is 0 Å². The standard InChI is InChI=1S/C13H10F2IN/c14-9-4-5-12(15)11(7-9)13(17)8-2-1-3-10(16)6-8/h1-7,13H,17H2. The van der Waals surface area contributed by atoms with Crippen LogP contribution in [0, 0.1) is 15.2 Å². The summed E-state index contributed by atoms with van der Waals surface area (Å²) in [4.78, 5) is 0. The highest BCUT2D eigenvalue weighted by Crippen LogP contribution is 2.24. The van der Waals surface area contributed by atoms with Gasteiger partial charge in [-0.2, -0.15) is 0 Å². The molecule has 2 aromatic rings. The summed E-state index contributed by atoms with van der Waals surface area (Å²) in [6.45, 7) is 0. The lowest BCUT2D eigenvalue weighted by Gasteiger charge is -2.13. The zero-order valence-corrected chi connectivity index (χ0v) is 11.0. The van der Waals surface area contributed by atoms with E-state index >= 15 is 0 Å². The normalized spacial score (nSPS) is 12.5.